The van der Waals surface area contributed by atoms with Crippen molar-refractivity contribution in [3.63, 3.8) is 0 Å². The third-order valence-corrected chi connectivity index (χ3v) is 1.36. The molecule has 0 heterocycles. The van der Waals surface area contributed by atoms with Gasteiger partial charge in [-0.05, 0) is 0 Å². The molecule has 0 amide bonds. The summed E-state index contributed by atoms with van der Waals surface area (Å²) in [6.45, 7) is 0. The van der Waals surface area contributed by atoms with Crippen molar-refractivity contribution in [1.82, 2.24) is 0 Å². The molecule has 0 spiro atoms. The van der Waals surface area contributed by atoms with E-state index in [-0.39, 0.29) is 17.8 Å². The van der Waals surface area contributed by atoms with Gasteiger partial charge in [0.15, 0.2) is 5.76 Å². The van der Waals surface area contributed by atoms with Crippen LogP contribution in [0.2, 0.25) is 0 Å². The molecule has 56 valence electrons. The maximum Gasteiger partial charge on any atom is 0.204 e. The molecule has 1 aliphatic carbocycles. The number of Topliss-reactive ketones (excluding diaryl/α,β-unsaturated/α-hetero) is 1. The van der Waals surface area contributed by atoms with Crippen molar-refractivity contribution in [3.8, 4) is 12.3 Å². The molecule has 11 heavy (non-hydrogen) atoms. The quantitative estimate of drug-likeness (QED) is 0.503. The summed E-state index contributed by atoms with van der Waals surface area (Å²) in [7, 11) is 0. The number of rotatable bonds is 0. The highest BCUT2D eigenvalue weighted by Crippen LogP contribution is 2.16. The van der Waals surface area contributed by atoms with Crippen molar-refractivity contribution in [2.24, 2.45) is 0 Å². The van der Waals surface area contributed by atoms with Crippen LogP contribution < -0.4 is 0 Å². The van der Waals surface area contributed by atoms with E-state index >= 15 is 0 Å². The second-order valence-electron chi connectivity index (χ2n) is 2.13. The SMILES string of the molecule is C#CC1=C(O)CC(=O)C(O)=C1. The molecule has 0 fully saturated rings. The third kappa shape index (κ3) is 1.24. The highest BCUT2D eigenvalue weighted by Gasteiger charge is 2.18. The first-order valence-electron chi connectivity index (χ1n) is 2.97. The zero-order valence-corrected chi connectivity index (χ0v) is 5.66. The number of aliphatic hydroxyl groups excluding tert-OH is 2. The van der Waals surface area contributed by atoms with E-state index in [0.29, 0.717) is 0 Å². The Balaban J connectivity index is 3.09. The molecule has 3 nitrogen and oxygen atoms in total. The van der Waals surface area contributed by atoms with E-state index in [4.69, 9.17) is 16.6 Å². The van der Waals surface area contributed by atoms with Crippen LogP contribution in [0, 0.1) is 12.3 Å². The van der Waals surface area contributed by atoms with E-state index in [0.717, 1.165) is 6.08 Å². The number of hydrogen-bond donors (Lipinski definition) is 2. The van der Waals surface area contributed by atoms with Crippen LogP contribution >= 0.6 is 0 Å². The Labute approximate surface area is 63.7 Å². The molecule has 0 radical (unpaired) electrons. The zero-order chi connectivity index (χ0) is 8.43. The lowest BCUT2D eigenvalue weighted by atomic mass is 10.0. The number of terminal acetylenes is 1. The van der Waals surface area contributed by atoms with Gasteiger partial charge in [0.2, 0.25) is 5.78 Å². The van der Waals surface area contributed by atoms with Gasteiger partial charge >= 0.3 is 0 Å². The molecular formula is C8H6O3. The van der Waals surface area contributed by atoms with E-state index in [1.807, 2.05) is 0 Å². The number of aliphatic hydroxyl groups is 2. The smallest absolute Gasteiger partial charge is 0.204 e. The van der Waals surface area contributed by atoms with E-state index in [9.17, 15) is 4.79 Å². The molecule has 0 bridgehead atoms. The Morgan fingerprint density at radius 1 is 1.55 bits per heavy atom. The minimum absolute atomic E-state index is 0.157. The van der Waals surface area contributed by atoms with Gasteiger partial charge in [0.1, 0.15) is 5.76 Å². The average molecular weight is 150 g/mol. The molecule has 0 aliphatic heterocycles. The number of hydrogen-bond acceptors (Lipinski definition) is 3. The Hall–Kier alpha value is -1.69. The van der Waals surface area contributed by atoms with Crippen molar-refractivity contribution in [2.75, 3.05) is 0 Å². The Bertz CT molecular complexity index is 302. The molecule has 0 aromatic heterocycles. The summed E-state index contributed by atoms with van der Waals surface area (Å²) in [5.41, 5.74) is 0.169. The first-order chi connectivity index (χ1) is 5.15. The number of carbonyl (C=O) groups is 1. The fourth-order valence-corrected chi connectivity index (χ4v) is 0.763. The normalized spacial score (nSPS) is 17.7. The fraction of sp³-hybridized carbons (Fsp3) is 0.125. The maximum atomic E-state index is 10.7. The molecule has 0 atom stereocenters. The zero-order valence-electron chi connectivity index (χ0n) is 5.66. The third-order valence-electron chi connectivity index (χ3n) is 1.36. The van der Waals surface area contributed by atoms with Crippen LogP contribution in [-0.4, -0.2) is 16.0 Å². The van der Waals surface area contributed by atoms with Crippen molar-refractivity contribution >= 4 is 5.78 Å². The molecule has 0 aromatic carbocycles. The van der Waals surface area contributed by atoms with Crippen LogP contribution in [0.15, 0.2) is 23.2 Å². The molecule has 2 N–H and O–H groups in total. The predicted molar refractivity (Wildman–Crippen MR) is 38.8 cm³/mol. The number of carbonyl (C=O) groups excluding carboxylic acids is 1. The van der Waals surface area contributed by atoms with Crippen molar-refractivity contribution in [2.45, 2.75) is 6.42 Å². The van der Waals surface area contributed by atoms with Gasteiger partial charge in [0.25, 0.3) is 0 Å². The number of allylic oxidation sites excluding steroid dienone is 4. The van der Waals surface area contributed by atoms with Gasteiger partial charge in [-0.3, -0.25) is 4.79 Å². The van der Waals surface area contributed by atoms with E-state index in [2.05, 4.69) is 5.92 Å². The van der Waals surface area contributed by atoms with Gasteiger partial charge in [-0.1, -0.05) is 5.92 Å². The molecule has 3 heteroatoms. The summed E-state index contributed by atoms with van der Waals surface area (Å²) < 4.78 is 0. The lowest BCUT2D eigenvalue weighted by Gasteiger charge is -2.07. The van der Waals surface area contributed by atoms with Crippen LogP contribution in [-0.2, 0) is 4.79 Å². The molecule has 0 aromatic rings. The summed E-state index contributed by atoms with van der Waals surface area (Å²) in [4.78, 5) is 10.7. The summed E-state index contributed by atoms with van der Waals surface area (Å²) in [5.74, 6) is 1.08. The maximum absolute atomic E-state index is 10.7. The van der Waals surface area contributed by atoms with E-state index in [1.165, 1.54) is 0 Å². The first-order valence-corrected chi connectivity index (χ1v) is 2.97. The van der Waals surface area contributed by atoms with Crippen LogP contribution in [0.25, 0.3) is 0 Å². The predicted octanol–water partition coefficient (Wildman–Crippen LogP) is 0.846. The minimum atomic E-state index is -0.512. The second kappa shape index (κ2) is 2.51. The molecular weight excluding hydrogens is 144 g/mol. The van der Waals surface area contributed by atoms with Gasteiger partial charge < -0.3 is 10.2 Å². The Morgan fingerprint density at radius 2 is 2.18 bits per heavy atom. The summed E-state index contributed by atoms with van der Waals surface area (Å²) in [5, 5.41) is 17.9. The molecule has 0 saturated carbocycles. The largest absolute Gasteiger partial charge is 0.511 e. The van der Waals surface area contributed by atoms with Gasteiger partial charge in [-0.25, -0.2) is 0 Å². The van der Waals surface area contributed by atoms with Crippen LogP contribution in [0.3, 0.4) is 0 Å². The van der Waals surface area contributed by atoms with E-state index in [1.54, 1.807) is 0 Å². The van der Waals surface area contributed by atoms with Crippen molar-refractivity contribution < 1.29 is 15.0 Å². The molecule has 0 unspecified atom stereocenters. The van der Waals surface area contributed by atoms with Crippen LogP contribution in [0.4, 0.5) is 0 Å². The van der Waals surface area contributed by atoms with Crippen molar-refractivity contribution in [3.05, 3.63) is 23.2 Å². The van der Waals surface area contributed by atoms with Crippen LogP contribution in [0.1, 0.15) is 6.42 Å². The highest BCUT2D eigenvalue weighted by atomic mass is 16.3. The topological polar surface area (TPSA) is 57.5 Å². The Morgan fingerprint density at radius 3 is 2.73 bits per heavy atom. The van der Waals surface area contributed by atoms with Gasteiger partial charge in [-0.2, -0.15) is 0 Å². The van der Waals surface area contributed by atoms with E-state index < -0.39 is 11.5 Å². The summed E-state index contributed by atoms with van der Waals surface area (Å²) in [6.07, 6.45) is 5.84. The molecule has 1 rings (SSSR count). The van der Waals surface area contributed by atoms with Crippen LogP contribution in [0.5, 0.6) is 0 Å². The Kier molecular flexibility index (Phi) is 1.69. The van der Waals surface area contributed by atoms with Gasteiger partial charge in [-0.15, -0.1) is 6.42 Å². The van der Waals surface area contributed by atoms with Gasteiger partial charge in [0.05, 0.1) is 12.0 Å². The second-order valence-corrected chi connectivity index (χ2v) is 2.13. The minimum Gasteiger partial charge on any atom is -0.511 e. The lowest BCUT2D eigenvalue weighted by molar-refractivity contribution is -0.117. The lowest BCUT2D eigenvalue weighted by Crippen LogP contribution is -2.09. The van der Waals surface area contributed by atoms with Crippen molar-refractivity contribution in [1.29, 1.82) is 0 Å². The molecule has 0 saturated heterocycles. The highest BCUT2D eigenvalue weighted by molar-refractivity contribution is 5.96. The number of ketones is 1. The summed E-state index contributed by atoms with van der Waals surface area (Å²) >= 11 is 0. The summed E-state index contributed by atoms with van der Waals surface area (Å²) in [6, 6.07) is 0. The first kappa shape index (κ1) is 7.42. The monoisotopic (exact) mass is 150 g/mol. The fourth-order valence-electron chi connectivity index (χ4n) is 0.763. The molecule has 1 aliphatic rings. The van der Waals surface area contributed by atoms with Gasteiger partial charge in [0, 0.05) is 6.08 Å². The standard InChI is InChI=1S/C8H6O3/c1-2-5-3-7(10)8(11)4-6(5)9/h1,3,9-10H,4H2. The average Bonchev–Trinajstić information content (AvgIpc) is 1.97.